The summed E-state index contributed by atoms with van der Waals surface area (Å²) in [6.45, 7) is 6.23. The summed E-state index contributed by atoms with van der Waals surface area (Å²) >= 11 is 0. The second kappa shape index (κ2) is 7.60. The van der Waals surface area contributed by atoms with E-state index in [4.69, 9.17) is 4.74 Å². The Morgan fingerprint density at radius 2 is 2.30 bits per heavy atom. The molecule has 1 fully saturated rings. The molecule has 23 heavy (non-hydrogen) atoms. The van der Waals surface area contributed by atoms with Crippen LogP contribution in [0.25, 0.3) is 10.9 Å². The van der Waals surface area contributed by atoms with E-state index < -0.39 is 0 Å². The molecule has 1 N–H and O–H groups in total. The number of rotatable bonds is 6. The van der Waals surface area contributed by atoms with E-state index in [1.807, 2.05) is 18.3 Å². The van der Waals surface area contributed by atoms with E-state index in [0.717, 1.165) is 36.7 Å². The zero-order valence-electron chi connectivity index (χ0n) is 13.9. The average molecular weight is 310 g/mol. The van der Waals surface area contributed by atoms with Crippen molar-refractivity contribution in [1.29, 1.82) is 0 Å². The molecule has 122 valence electrons. The molecule has 0 spiro atoms. The zero-order valence-corrected chi connectivity index (χ0v) is 13.9. The molecular weight excluding hydrogens is 284 g/mol. The largest absolute Gasteiger partial charge is 0.497 e. The van der Waals surface area contributed by atoms with Gasteiger partial charge in [0.1, 0.15) is 5.75 Å². The van der Waals surface area contributed by atoms with Gasteiger partial charge in [0.15, 0.2) is 0 Å². The highest BCUT2D eigenvalue weighted by Crippen LogP contribution is 2.27. The number of ether oxygens (including phenoxy) is 1. The summed E-state index contributed by atoms with van der Waals surface area (Å²) in [5, 5.41) is 4.69. The number of piperidine rings is 1. The van der Waals surface area contributed by atoms with Crippen molar-refractivity contribution in [2.45, 2.75) is 25.7 Å². The molecule has 3 rings (SSSR count). The van der Waals surface area contributed by atoms with Crippen molar-refractivity contribution >= 4 is 10.9 Å². The molecule has 0 radical (unpaired) electrons. The molecule has 1 aromatic heterocycles. The molecule has 1 aliphatic heterocycles. The van der Waals surface area contributed by atoms with E-state index in [-0.39, 0.29) is 0 Å². The fourth-order valence-corrected chi connectivity index (χ4v) is 3.65. The normalized spacial score (nSPS) is 21.3. The van der Waals surface area contributed by atoms with Crippen LogP contribution in [0.15, 0.2) is 43.1 Å². The van der Waals surface area contributed by atoms with Crippen LogP contribution in [0.3, 0.4) is 0 Å². The standard InChI is InChI=1S/C20H26N2O/c1-3-15-14-21-11-9-16(15)5-4-6-17-10-12-22-20-8-7-18(23-2)13-19(17)20/h3,7-8,10,12-13,15-16,21H,1,4-6,9,11,14H2,2H3/t15-,16?/m1/s1. The summed E-state index contributed by atoms with van der Waals surface area (Å²) in [6, 6.07) is 8.27. The second-order valence-electron chi connectivity index (χ2n) is 6.40. The molecule has 1 unspecified atom stereocenters. The van der Waals surface area contributed by atoms with Crippen LogP contribution in [-0.4, -0.2) is 25.2 Å². The Morgan fingerprint density at radius 3 is 3.13 bits per heavy atom. The van der Waals surface area contributed by atoms with Crippen molar-refractivity contribution in [3.05, 3.63) is 48.7 Å². The number of hydrogen-bond donors (Lipinski definition) is 1. The molecule has 2 heterocycles. The zero-order chi connectivity index (χ0) is 16.1. The number of hydrogen-bond acceptors (Lipinski definition) is 3. The van der Waals surface area contributed by atoms with Crippen LogP contribution in [0.1, 0.15) is 24.8 Å². The summed E-state index contributed by atoms with van der Waals surface area (Å²) in [6.07, 6.45) is 8.89. The lowest BCUT2D eigenvalue weighted by atomic mass is 9.82. The van der Waals surface area contributed by atoms with Crippen molar-refractivity contribution in [1.82, 2.24) is 10.3 Å². The molecule has 2 aromatic rings. The predicted molar refractivity (Wildman–Crippen MR) is 95.9 cm³/mol. The van der Waals surface area contributed by atoms with E-state index in [2.05, 4.69) is 35.1 Å². The number of nitrogens with zero attached hydrogens (tertiary/aromatic N) is 1. The Bertz CT molecular complexity index is 668. The van der Waals surface area contributed by atoms with Crippen molar-refractivity contribution in [3.8, 4) is 5.75 Å². The number of pyridine rings is 1. The highest BCUT2D eigenvalue weighted by atomic mass is 16.5. The fraction of sp³-hybridized carbons (Fsp3) is 0.450. The fourth-order valence-electron chi connectivity index (χ4n) is 3.65. The number of nitrogens with one attached hydrogen (secondary N) is 1. The minimum atomic E-state index is 0.623. The SMILES string of the molecule is C=C[C@@H]1CNCCC1CCCc1ccnc2ccc(OC)cc12. The van der Waals surface area contributed by atoms with Crippen LogP contribution in [0.2, 0.25) is 0 Å². The molecule has 3 heteroatoms. The monoisotopic (exact) mass is 310 g/mol. The number of methoxy groups -OCH3 is 1. The van der Waals surface area contributed by atoms with Gasteiger partial charge in [0.25, 0.3) is 0 Å². The van der Waals surface area contributed by atoms with E-state index in [1.165, 1.54) is 30.2 Å². The Kier molecular flexibility index (Phi) is 5.29. The van der Waals surface area contributed by atoms with Gasteiger partial charge in [-0.25, -0.2) is 0 Å². The summed E-state index contributed by atoms with van der Waals surface area (Å²) < 4.78 is 5.36. The van der Waals surface area contributed by atoms with E-state index in [0.29, 0.717) is 5.92 Å². The maximum atomic E-state index is 5.36. The predicted octanol–water partition coefficient (Wildman–Crippen LogP) is 3.98. The molecule has 1 aliphatic rings. The average Bonchev–Trinajstić information content (AvgIpc) is 2.62. The van der Waals surface area contributed by atoms with Crippen LogP contribution < -0.4 is 10.1 Å². The topological polar surface area (TPSA) is 34.2 Å². The minimum absolute atomic E-state index is 0.623. The lowest BCUT2D eigenvalue weighted by Crippen LogP contribution is -2.35. The number of aromatic nitrogens is 1. The number of aryl methyl sites for hydroxylation is 1. The van der Waals surface area contributed by atoms with E-state index in [9.17, 15) is 0 Å². The third-order valence-electron chi connectivity index (χ3n) is 5.04. The van der Waals surface area contributed by atoms with Crippen LogP contribution >= 0.6 is 0 Å². The van der Waals surface area contributed by atoms with Gasteiger partial charge in [-0.3, -0.25) is 4.98 Å². The van der Waals surface area contributed by atoms with Crippen molar-refractivity contribution < 1.29 is 4.74 Å². The van der Waals surface area contributed by atoms with Gasteiger partial charge in [0.2, 0.25) is 0 Å². The first-order valence-corrected chi connectivity index (χ1v) is 8.56. The van der Waals surface area contributed by atoms with Crippen molar-refractivity contribution in [2.75, 3.05) is 20.2 Å². The molecule has 0 saturated carbocycles. The Hall–Kier alpha value is -1.87. The van der Waals surface area contributed by atoms with Gasteiger partial charge >= 0.3 is 0 Å². The van der Waals surface area contributed by atoms with E-state index in [1.54, 1.807) is 7.11 Å². The lowest BCUT2D eigenvalue weighted by molar-refractivity contribution is 0.280. The highest BCUT2D eigenvalue weighted by Gasteiger charge is 2.21. The van der Waals surface area contributed by atoms with Crippen LogP contribution in [-0.2, 0) is 6.42 Å². The molecule has 0 amide bonds. The highest BCUT2D eigenvalue weighted by molar-refractivity contribution is 5.83. The third-order valence-corrected chi connectivity index (χ3v) is 5.04. The van der Waals surface area contributed by atoms with Crippen LogP contribution in [0.5, 0.6) is 5.75 Å². The molecule has 0 aliphatic carbocycles. The Morgan fingerprint density at radius 1 is 1.39 bits per heavy atom. The van der Waals surface area contributed by atoms with E-state index >= 15 is 0 Å². The molecule has 1 aromatic carbocycles. The summed E-state index contributed by atoms with van der Waals surface area (Å²) in [5.74, 6) is 2.30. The third kappa shape index (κ3) is 3.73. The summed E-state index contributed by atoms with van der Waals surface area (Å²) in [4.78, 5) is 4.46. The lowest BCUT2D eigenvalue weighted by Gasteiger charge is -2.30. The molecule has 2 atom stereocenters. The first-order chi connectivity index (χ1) is 11.3. The molecule has 3 nitrogen and oxygen atoms in total. The van der Waals surface area contributed by atoms with Gasteiger partial charge in [-0.1, -0.05) is 6.08 Å². The quantitative estimate of drug-likeness (QED) is 0.820. The number of fused-ring (bicyclic) bond motifs is 1. The van der Waals surface area contributed by atoms with Crippen molar-refractivity contribution in [3.63, 3.8) is 0 Å². The van der Waals surface area contributed by atoms with Crippen molar-refractivity contribution in [2.24, 2.45) is 11.8 Å². The Balaban J connectivity index is 1.68. The maximum absolute atomic E-state index is 5.36. The van der Waals surface area contributed by atoms with Crippen LogP contribution in [0, 0.1) is 11.8 Å². The minimum Gasteiger partial charge on any atom is -0.497 e. The first-order valence-electron chi connectivity index (χ1n) is 8.56. The van der Waals surface area contributed by atoms with Crippen LogP contribution in [0.4, 0.5) is 0 Å². The summed E-state index contributed by atoms with van der Waals surface area (Å²) in [5.41, 5.74) is 2.42. The van der Waals surface area contributed by atoms with Gasteiger partial charge in [-0.15, -0.1) is 6.58 Å². The van der Waals surface area contributed by atoms with Gasteiger partial charge in [-0.05, 0) is 73.9 Å². The van der Waals surface area contributed by atoms with Gasteiger partial charge in [0.05, 0.1) is 12.6 Å². The smallest absolute Gasteiger partial charge is 0.119 e. The van der Waals surface area contributed by atoms with Gasteiger partial charge < -0.3 is 10.1 Å². The first kappa shape index (κ1) is 16.0. The van der Waals surface area contributed by atoms with Gasteiger partial charge in [0, 0.05) is 18.1 Å². The Labute approximate surface area is 138 Å². The molecule has 1 saturated heterocycles. The summed E-state index contributed by atoms with van der Waals surface area (Å²) in [7, 11) is 1.71. The number of benzene rings is 1. The second-order valence-corrected chi connectivity index (χ2v) is 6.40. The molecular formula is C20H26N2O. The van der Waals surface area contributed by atoms with Gasteiger partial charge in [-0.2, -0.15) is 0 Å². The molecule has 0 bridgehead atoms. The maximum Gasteiger partial charge on any atom is 0.119 e.